The monoisotopic (exact) mass is 399 g/mol. The summed E-state index contributed by atoms with van der Waals surface area (Å²) in [7, 11) is -2.38. The first kappa shape index (κ1) is 20.8. The number of nitro benzene ring substituents is 1. The molecule has 148 valence electrons. The van der Waals surface area contributed by atoms with E-state index >= 15 is 0 Å². The summed E-state index contributed by atoms with van der Waals surface area (Å²) in [5.41, 5.74) is -0.208. The van der Waals surface area contributed by atoms with Gasteiger partial charge in [-0.15, -0.1) is 0 Å². The van der Waals surface area contributed by atoms with Crippen molar-refractivity contribution in [1.29, 1.82) is 0 Å². The third-order valence-corrected chi connectivity index (χ3v) is 6.34. The molecule has 0 radical (unpaired) electrons. The number of aliphatic carboxylic acids is 1. The number of rotatable bonds is 7. The van der Waals surface area contributed by atoms with E-state index in [9.17, 15) is 28.1 Å². The zero-order valence-electron chi connectivity index (χ0n) is 14.8. The summed E-state index contributed by atoms with van der Waals surface area (Å²) in [4.78, 5) is 34.4. The van der Waals surface area contributed by atoms with Gasteiger partial charge in [-0.3, -0.25) is 19.7 Å². The van der Waals surface area contributed by atoms with E-state index < -0.39 is 26.8 Å². The van der Waals surface area contributed by atoms with E-state index in [-0.39, 0.29) is 42.5 Å². The second-order valence-corrected chi connectivity index (χ2v) is 8.29. The standard InChI is InChI=1S/C16H21N3O7S/c1-17(10-8-15(20)21)16(22)12-3-2-9-18(11-12)27(25,26)14-6-4-13(5-7-14)19(23)24/h4-7,12H,2-3,8-11H2,1H3,(H,20,21). The molecule has 1 aromatic rings. The van der Waals surface area contributed by atoms with Gasteiger partial charge in [-0.2, -0.15) is 4.31 Å². The molecule has 0 bridgehead atoms. The molecule has 2 rings (SSSR count). The first-order valence-electron chi connectivity index (χ1n) is 8.34. The maximum absolute atomic E-state index is 12.8. The van der Waals surface area contributed by atoms with Gasteiger partial charge in [0.15, 0.2) is 0 Å². The Bertz CT molecular complexity index is 823. The van der Waals surface area contributed by atoms with Crippen molar-refractivity contribution in [2.75, 3.05) is 26.7 Å². The van der Waals surface area contributed by atoms with Crippen LogP contribution in [0, 0.1) is 16.0 Å². The molecular formula is C16H21N3O7S. The molecule has 1 aliphatic heterocycles. The molecule has 11 heteroatoms. The third kappa shape index (κ3) is 5.01. The van der Waals surface area contributed by atoms with Crippen molar-refractivity contribution >= 4 is 27.6 Å². The summed E-state index contributed by atoms with van der Waals surface area (Å²) in [6.45, 7) is 0.303. The molecule has 1 heterocycles. The van der Waals surface area contributed by atoms with E-state index in [0.717, 1.165) is 12.1 Å². The normalized spacial score (nSPS) is 18.0. The quantitative estimate of drug-likeness (QED) is 0.531. The summed E-state index contributed by atoms with van der Waals surface area (Å²) >= 11 is 0. The maximum Gasteiger partial charge on any atom is 0.305 e. The highest BCUT2D eigenvalue weighted by Gasteiger charge is 2.34. The number of amides is 1. The van der Waals surface area contributed by atoms with Crippen LogP contribution in [0.4, 0.5) is 5.69 Å². The largest absolute Gasteiger partial charge is 0.481 e. The number of carboxylic acids is 1. The van der Waals surface area contributed by atoms with Crippen LogP contribution < -0.4 is 0 Å². The van der Waals surface area contributed by atoms with Crippen molar-refractivity contribution in [2.45, 2.75) is 24.2 Å². The van der Waals surface area contributed by atoms with Crippen LogP contribution in [0.25, 0.3) is 0 Å². The number of piperidine rings is 1. The molecular weight excluding hydrogens is 378 g/mol. The highest BCUT2D eigenvalue weighted by atomic mass is 32.2. The Morgan fingerprint density at radius 3 is 2.52 bits per heavy atom. The molecule has 1 atom stereocenters. The van der Waals surface area contributed by atoms with Gasteiger partial charge in [-0.25, -0.2) is 8.42 Å². The summed E-state index contributed by atoms with van der Waals surface area (Å²) in [6, 6.07) is 4.61. The zero-order valence-corrected chi connectivity index (χ0v) is 15.6. The second kappa shape index (κ2) is 8.44. The number of hydrogen-bond acceptors (Lipinski definition) is 6. The van der Waals surface area contributed by atoms with Gasteiger partial charge in [0.05, 0.1) is 22.2 Å². The summed E-state index contributed by atoms with van der Waals surface area (Å²) in [5.74, 6) is -1.86. The molecule has 0 aromatic heterocycles. The van der Waals surface area contributed by atoms with Crippen molar-refractivity contribution in [1.82, 2.24) is 9.21 Å². The van der Waals surface area contributed by atoms with E-state index in [0.29, 0.717) is 12.8 Å². The fourth-order valence-electron chi connectivity index (χ4n) is 2.94. The topological polar surface area (TPSA) is 138 Å². The van der Waals surface area contributed by atoms with Gasteiger partial charge in [0.2, 0.25) is 15.9 Å². The smallest absolute Gasteiger partial charge is 0.305 e. The lowest BCUT2D eigenvalue weighted by Crippen LogP contribution is -2.46. The van der Waals surface area contributed by atoms with Crippen molar-refractivity contribution in [3.63, 3.8) is 0 Å². The molecule has 27 heavy (non-hydrogen) atoms. The number of carbonyl (C=O) groups excluding carboxylic acids is 1. The van der Waals surface area contributed by atoms with Crippen LogP contribution in [0.1, 0.15) is 19.3 Å². The molecule has 0 aliphatic carbocycles. The van der Waals surface area contributed by atoms with Gasteiger partial charge in [-0.05, 0) is 25.0 Å². The Labute approximate surface area is 156 Å². The van der Waals surface area contributed by atoms with E-state index in [1.165, 1.54) is 28.4 Å². The van der Waals surface area contributed by atoms with E-state index in [1.807, 2.05) is 0 Å². The average Bonchev–Trinajstić information content (AvgIpc) is 2.65. The fraction of sp³-hybridized carbons (Fsp3) is 0.500. The van der Waals surface area contributed by atoms with Crippen molar-refractivity contribution in [3.8, 4) is 0 Å². The Morgan fingerprint density at radius 1 is 1.33 bits per heavy atom. The van der Waals surface area contributed by atoms with Gasteiger partial charge in [0, 0.05) is 38.8 Å². The van der Waals surface area contributed by atoms with Gasteiger partial charge < -0.3 is 10.0 Å². The van der Waals surface area contributed by atoms with Crippen LogP contribution in [0.15, 0.2) is 29.2 Å². The first-order chi connectivity index (χ1) is 12.6. The van der Waals surface area contributed by atoms with Crippen LogP contribution >= 0.6 is 0 Å². The zero-order chi connectivity index (χ0) is 20.2. The van der Waals surface area contributed by atoms with Crippen molar-refractivity contribution in [2.24, 2.45) is 5.92 Å². The molecule has 1 N–H and O–H groups in total. The van der Waals surface area contributed by atoms with Gasteiger partial charge in [0.25, 0.3) is 5.69 Å². The van der Waals surface area contributed by atoms with Crippen LogP contribution in [0.2, 0.25) is 0 Å². The fourth-order valence-corrected chi connectivity index (χ4v) is 4.46. The number of nitro groups is 1. The number of hydrogen-bond donors (Lipinski definition) is 1. The second-order valence-electron chi connectivity index (χ2n) is 6.36. The Kier molecular flexibility index (Phi) is 6.50. The minimum atomic E-state index is -3.88. The molecule has 0 spiro atoms. The van der Waals surface area contributed by atoms with E-state index in [4.69, 9.17) is 5.11 Å². The number of carbonyl (C=O) groups is 2. The Morgan fingerprint density at radius 2 is 1.96 bits per heavy atom. The predicted octanol–water partition coefficient (Wildman–Crippen LogP) is 0.929. The first-order valence-corrected chi connectivity index (χ1v) is 9.78. The lowest BCUT2D eigenvalue weighted by molar-refractivity contribution is -0.384. The maximum atomic E-state index is 12.8. The summed E-state index contributed by atoms with van der Waals surface area (Å²) < 4.78 is 26.7. The van der Waals surface area contributed by atoms with Crippen LogP contribution in [-0.2, 0) is 19.6 Å². The minimum absolute atomic E-state index is 0.00440. The molecule has 10 nitrogen and oxygen atoms in total. The predicted molar refractivity (Wildman–Crippen MR) is 94.5 cm³/mol. The van der Waals surface area contributed by atoms with E-state index in [2.05, 4.69) is 0 Å². The number of carboxylic acid groups (broad SMARTS) is 1. The van der Waals surface area contributed by atoms with Crippen molar-refractivity contribution in [3.05, 3.63) is 34.4 Å². The Hall–Kier alpha value is -2.53. The molecule has 1 aliphatic rings. The molecule has 1 fully saturated rings. The van der Waals surface area contributed by atoms with Crippen LogP contribution in [-0.4, -0.2) is 66.2 Å². The van der Waals surface area contributed by atoms with Crippen LogP contribution in [0.3, 0.4) is 0 Å². The van der Waals surface area contributed by atoms with Crippen LogP contribution in [0.5, 0.6) is 0 Å². The van der Waals surface area contributed by atoms with Gasteiger partial charge in [-0.1, -0.05) is 0 Å². The Balaban J connectivity index is 2.10. The highest BCUT2D eigenvalue weighted by molar-refractivity contribution is 7.89. The molecule has 1 unspecified atom stereocenters. The van der Waals surface area contributed by atoms with Crippen molar-refractivity contribution < 1.29 is 28.0 Å². The van der Waals surface area contributed by atoms with Gasteiger partial charge in [0.1, 0.15) is 0 Å². The number of benzene rings is 1. The lowest BCUT2D eigenvalue weighted by Gasteiger charge is -2.33. The lowest BCUT2D eigenvalue weighted by atomic mass is 9.98. The highest BCUT2D eigenvalue weighted by Crippen LogP contribution is 2.26. The molecule has 1 aromatic carbocycles. The average molecular weight is 399 g/mol. The number of nitrogens with zero attached hydrogens (tertiary/aromatic N) is 3. The van der Waals surface area contributed by atoms with Gasteiger partial charge >= 0.3 is 5.97 Å². The number of non-ortho nitro benzene ring substituents is 1. The number of sulfonamides is 1. The molecule has 1 saturated heterocycles. The summed E-state index contributed by atoms with van der Waals surface area (Å²) in [6.07, 6.45) is 0.831. The summed E-state index contributed by atoms with van der Waals surface area (Å²) in [5, 5.41) is 19.4. The minimum Gasteiger partial charge on any atom is -0.481 e. The third-order valence-electron chi connectivity index (χ3n) is 4.46. The SMILES string of the molecule is CN(CCC(=O)O)C(=O)C1CCCN(S(=O)(=O)c2ccc([N+](=O)[O-])cc2)C1. The molecule has 0 saturated carbocycles. The van der Waals surface area contributed by atoms with E-state index in [1.54, 1.807) is 0 Å². The molecule has 1 amide bonds.